The van der Waals surface area contributed by atoms with Gasteiger partial charge in [0.25, 0.3) is 11.6 Å². The number of nitrogens with one attached hydrogen (secondary N) is 1. The molecule has 0 saturated carbocycles. The number of amides is 1. The van der Waals surface area contributed by atoms with Gasteiger partial charge in [0.05, 0.1) is 11.5 Å². The third-order valence-electron chi connectivity index (χ3n) is 4.94. The van der Waals surface area contributed by atoms with Crippen molar-refractivity contribution in [2.75, 3.05) is 11.9 Å². The molecule has 0 radical (unpaired) electrons. The SMILES string of the molecule is CCOc1cc(/C=C(\C#N)C(=O)Nc2ccccc2C)c(Br)cc1OCc1cccc([N+](=O)[O-])c1. The van der Waals surface area contributed by atoms with Crippen LogP contribution in [-0.2, 0) is 11.4 Å². The number of non-ortho nitro benzene ring substituents is 1. The van der Waals surface area contributed by atoms with Crippen LogP contribution in [0.1, 0.15) is 23.6 Å². The van der Waals surface area contributed by atoms with Crippen molar-refractivity contribution < 1.29 is 19.2 Å². The van der Waals surface area contributed by atoms with Crippen LogP contribution in [0.5, 0.6) is 11.5 Å². The first-order valence-corrected chi connectivity index (χ1v) is 11.4. The Morgan fingerprint density at radius 2 is 1.89 bits per heavy atom. The molecule has 0 bridgehead atoms. The Hall–Kier alpha value is -4.16. The number of hydrogen-bond acceptors (Lipinski definition) is 6. The van der Waals surface area contributed by atoms with Crippen LogP contribution in [0.25, 0.3) is 6.08 Å². The Balaban J connectivity index is 1.86. The fourth-order valence-electron chi connectivity index (χ4n) is 3.17. The molecule has 3 aromatic rings. The van der Waals surface area contributed by atoms with Crippen LogP contribution in [0.4, 0.5) is 11.4 Å². The first kappa shape index (κ1) is 25.5. The second-order valence-corrected chi connectivity index (χ2v) is 8.26. The highest BCUT2D eigenvalue weighted by molar-refractivity contribution is 9.10. The van der Waals surface area contributed by atoms with Crippen molar-refractivity contribution in [3.63, 3.8) is 0 Å². The number of nitriles is 1. The summed E-state index contributed by atoms with van der Waals surface area (Å²) in [4.78, 5) is 23.2. The highest BCUT2D eigenvalue weighted by Crippen LogP contribution is 2.35. The summed E-state index contributed by atoms with van der Waals surface area (Å²) in [5.74, 6) is 0.284. The van der Waals surface area contributed by atoms with Crippen molar-refractivity contribution in [2.24, 2.45) is 0 Å². The zero-order valence-corrected chi connectivity index (χ0v) is 20.7. The molecule has 0 atom stereocenters. The molecule has 0 unspecified atom stereocenters. The Bertz CT molecular complexity index is 1330. The van der Waals surface area contributed by atoms with Gasteiger partial charge in [0.15, 0.2) is 11.5 Å². The highest BCUT2D eigenvalue weighted by Gasteiger charge is 2.15. The number of carbonyl (C=O) groups excluding carboxylic acids is 1. The maximum absolute atomic E-state index is 12.7. The smallest absolute Gasteiger partial charge is 0.269 e. The van der Waals surface area contributed by atoms with E-state index >= 15 is 0 Å². The van der Waals surface area contributed by atoms with Gasteiger partial charge in [-0.2, -0.15) is 5.26 Å². The summed E-state index contributed by atoms with van der Waals surface area (Å²) in [6, 6.07) is 18.7. The van der Waals surface area contributed by atoms with E-state index in [9.17, 15) is 20.2 Å². The topological polar surface area (TPSA) is 114 Å². The van der Waals surface area contributed by atoms with Gasteiger partial charge in [-0.3, -0.25) is 14.9 Å². The van der Waals surface area contributed by atoms with Crippen LogP contribution in [0.2, 0.25) is 0 Å². The van der Waals surface area contributed by atoms with Gasteiger partial charge in [-0.1, -0.05) is 46.3 Å². The number of carbonyl (C=O) groups is 1. The van der Waals surface area contributed by atoms with E-state index in [0.717, 1.165) is 5.56 Å². The molecular weight excluding hydrogens is 514 g/mol. The van der Waals surface area contributed by atoms with Crippen LogP contribution in [0, 0.1) is 28.4 Å². The molecule has 0 fully saturated rings. The predicted octanol–water partition coefficient (Wildman–Crippen LogP) is 6.19. The van der Waals surface area contributed by atoms with E-state index in [0.29, 0.717) is 39.4 Å². The first-order valence-electron chi connectivity index (χ1n) is 10.6. The van der Waals surface area contributed by atoms with Crippen LogP contribution in [0.3, 0.4) is 0 Å². The van der Waals surface area contributed by atoms with Crippen molar-refractivity contribution in [3.05, 3.63) is 97.5 Å². The molecule has 8 nitrogen and oxygen atoms in total. The Kier molecular flexibility index (Phi) is 8.59. The summed E-state index contributed by atoms with van der Waals surface area (Å²) in [6.45, 7) is 4.13. The number of nitro benzene ring substituents is 1. The van der Waals surface area contributed by atoms with Crippen LogP contribution < -0.4 is 14.8 Å². The second kappa shape index (κ2) is 11.8. The Labute approximate surface area is 211 Å². The average Bonchev–Trinajstić information content (AvgIpc) is 2.84. The van der Waals surface area contributed by atoms with E-state index < -0.39 is 10.8 Å². The van der Waals surface area contributed by atoms with Crippen LogP contribution in [-0.4, -0.2) is 17.4 Å². The molecule has 178 valence electrons. The number of aryl methyl sites for hydroxylation is 1. The molecule has 3 aromatic carbocycles. The minimum Gasteiger partial charge on any atom is -0.490 e. The van der Waals surface area contributed by atoms with E-state index in [1.807, 2.05) is 32.0 Å². The average molecular weight is 536 g/mol. The molecular formula is C26H22BrN3O5. The van der Waals surface area contributed by atoms with Crippen molar-refractivity contribution in [1.82, 2.24) is 0 Å². The standard InChI is InChI=1S/C26H22BrN3O5/c1-3-34-24-13-19(12-20(15-28)26(31)29-23-10-5-4-7-17(23)2)22(27)14-25(24)35-16-18-8-6-9-21(11-18)30(32)33/h4-14H,3,16H2,1-2H3,(H,29,31)/b20-12+. The highest BCUT2D eigenvalue weighted by atomic mass is 79.9. The lowest BCUT2D eigenvalue weighted by Crippen LogP contribution is -2.14. The quantitative estimate of drug-likeness (QED) is 0.151. The van der Waals surface area contributed by atoms with Gasteiger partial charge < -0.3 is 14.8 Å². The van der Waals surface area contributed by atoms with Gasteiger partial charge in [-0.25, -0.2) is 0 Å². The van der Waals surface area contributed by atoms with Gasteiger partial charge in [0.2, 0.25) is 0 Å². The number of halogens is 1. The molecule has 0 heterocycles. The van der Waals surface area contributed by atoms with Crippen molar-refractivity contribution in [3.8, 4) is 17.6 Å². The number of nitro groups is 1. The van der Waals surface area contributed by atoms with Crippen molar-refractivity contribution >= 4 is 39.3 Å². The third kappa shape index (κ3) is 6.68. The largest absolute Gasteiger partial charge is 0.490 e. The van der Waals surface area contributed by atoms with E-state index in [2.05, 4.69) is 21.2 Å². The number of rotatable bonds is 9. The number of hydrogen-bond donors (Lipinski definition) is 1. The number of anilines is 1. The van der Waals surface area contributed by atoms with Gasteiger partial charge in [0.1, 0.15) is 18.2 Å². The summed E-state index contributed by atoms with van der Waals surface area (Å²) in [6.07, 6.45) is 1.46. The predicted molar refractivity (Wildman–Crippen MR) is 136 cm³/mol. The van der Waals surface area contributed by atoms with Crippen molar-refractivity contribution in [1.29, 1.82) is 5.26 Å². The van der Waals surface area contributed by atoms with E-state index in [1.54, 1.807) is 36.4 Å². The van der Waals surface area contributed by atoms with Crippen LogP contribution in [0.15, 0.2) is 70.7 Å². The maximum Gasteiger partial charge on any atom is 0.269 e. The monoisotopic (exact) mass is 535 g/mol. The van der Waals surface area contributed by atoms with E-state index in [1.165, 1.54) is 18.2 Å². The summed E-state index contributed by atoms with van der Waals surface area (Å²) >= 11 is 3.46. The molecule has 0 saturated heterocycles. The molecule has 0 aliphatic carbocycles. The first-order chi connectivity index (χ1) is 16.8. The lowest BCUT2D eigenvalue weighted by atomic mass is 10.1. The number of ether oxygens (including phenoxy) is 2. The normalized spacial score (nSPS) is 10.9. The fraction of sp³-hybridized carbons (Fsp3) is 0.154. The molecule has 1 N–H and O–H groups in total. The summed E-state index contributed by atoms with van der Waals surface area (Å²) < 4.78 is 12.2. The molecule has 9 heteroatoms. The van der Waals surface area contributed by atoms with Crippen molar-refractivity contribution in [2.45, 2.75) is 20.5 Å². The Morgan fingerprint density at radius 1 is 1.14 bits per heavy atom. The molecule has 0 aliphatic heterocycles. The molecule has 0 aliphatic rings. The number of benzene rings is 3. The van der Waals surface area contributed by atoms with Gasteiger partial charge in [0, 0.05) is 22.3 Å². The minimum atomic E-state index is -0.530. The second-order valence-electron chi connectivity index (χ2n) is 7.41. The number of nitrogens with zero attached hydrogens (tertiary/aromatic N) is 2. The fourth-order valence-corrected chi connectivity index (χ4v) is 3.61. The molecule has 0 aromatic heterocycles. The molecule has 0 spiro atoms. The minimum absolute atomic E-state index is 0.0224. The molecule has 35 heavy (non-hydrogen) atoms. The summed E-state index contributed by atoms with van der Waals surface area (Å²) in [5, 5.41) is 23.4. The lowest BCUT2D eigenvalue weighted by molar-refractivity contribution is -0.384. The molecule has 3 rings (SSSR count). The third-order valence-corrected chi connectivity index (χ3v) is 5.62. The number of para-hydroxylation sites is 1. The van der Waals surface area contributed by atoms with Crippen LogP contribution >= 0.6 is 15.9 Å². The van der Waals surface area contributed by atoms with Gasteiger partial charge in [-0.15, -0.1) is 0 Å². The summed E-state index contributed by atoms with van der Waals surface area (Å²) in [5.41, 5.74) is 2.57. The van der Waals surface area contributed by atoms with Gasteiger partial charge >= 0.3 is 0 Å². The van der Waals surface area contributed by atoms with E-state index in [4.69, 9.17) is 9.47 Å². The van der Waals surface area contributed by atoms with E-state index in [-0.39, 0.29) is 17.9 Å². The molecule has 1 amide bonds. The Morgan fingerprint density at radius 3 is 2.57 bits per heavy atom. The maximum atomic E-state index is 12.7. The zero-order chi connectivity index (χ0) is 25.4. The van der Waals surface area contributed by atoms with Gasteiger partial charge in [-0.05, 0) is 54.8 Å². The lowest BCUT2D eigenvalue weighted by Gasteiger charge is -2.14. The zero-order valence-electron chi connectivity index (χ0n) is 19.1. The summed E-state index contributed by atoms with van der Waals surface area (Å²) in [7, 11) is 0.